The average molecular weight is 697 g/mol. The van der Waals surface area contributed by atoms with E-state index < -0.39 is 47.7 Å². The first-order valence-electron chi connectivity index (χ1n) is 15.8. The van der Waals surface area contributed by atoms with E-state index in [1.165, 1.54) is 12.1 Å². The lowest BCUT2D eigenvalue weighted by Crippen LogP contribution is -2.54. The summed E-state index contributed by atoms with van der Waals surface area (Å²) in [6.45, 7) is 12.3. The molecule has 13 heteroatoms. The molecule has 47 heavy (non-hydrogen) atoms. The number of imide groups is 1. The molecule has 2 aromatic carbocycles. The van der Waals surface area contributed by atoms with Gasteiger partial charge in [-0.2, -0.15) is 0 Å². The van der Waals surface area contributed by atoms with Crippen molar-refractivity contribution < 1.29 is 42.4 Å². The molecular weight excluding hydrogens is 650 g/mol. The Morgan fingerprint density at radius 1 is 1.00 bits per heavy atom. The number of carbonyl (C=O) groups is 3. The molecule has 3 rings (SSSR count). The molecule has 0 radical (unpaired) electrons. The number of rotatable bonds is 11. The molecule has 1 heterocycles. The van der Waals surface area contributed by atoms with E-state index in [4.69, 9.17) is 25.6 Å². The minimum atomic E-state index is -3.71. The van der Waals surface area contributed by atoms with Crippen LogP contribution in [0.2, 0.25) is 5.02 Å². The molecule has 0 aliphatic carbocycles. The summed E-state index contributed by atoms with van der Waals surface area (Å²) in [4.78, 5) is 41.7. The first-order valence-corrected chi connectivity index (χ1v) is 18.0. The molecule has 1 unspecified atom stereocenters. The molecule has 1 saturated heterocycles. The summed E-state index contributed by atoms with van der Waals surface area (Å²) in [6, 6.07) is 11.5. The van der Waals surface area contributed by atoms with Crippen LogP contribution in [0.25, 0.3) is 11.1 Å². The summed E-state index contributed by atoms with van der Waals surface area (Å²) in [5.74, 6) is -1.66. The third kappa shape index (κ3) is 10.3. The van der Waals surface area contributed by atoms with Crippen LogP contribution in [-0.2, 0) is 29.9 Å². The van der Waals surface area contributed by atoms with Gasteiger partial charge < -0.3 is 19.1 Å². The molecule has 260 valence electrons. The van der Waals surface area contributed by atoms with Crippen molar-refractivity contribution in [2.75, 3.05) is 32.4 Å². The number of carboxylic acid groups (broad SMARTS) is 1. The van der Waals surface area contributed by atoms with Gasteiger partial charge in [-0.25, -0.2) is 18.9 Å². The molecule has 2 amide bonds. The van der Waals surface area contributed by atoms with Crippen LogP contribution in [0.3, 0.4) is 0 Å². The maximum atomic E-state index is 14.4. The molecule has 1 N–H and O–H groups in total. The van der Waals surface area contributed by atoms with Gasteiger partial charge in [0, 0.05) is 37.4 Å². The Hall–Kier alpha value is -2.98. The van der Waals surface area contributed by atoms with Crippen molar-refractivity contribution in [3.63, 3.8) is 0 Å². The number of carboxylic acids is 1. The smallest absolute Gasteiger partial charge is 0.419 e. The van der Waals surface area contributed by atoms with Gasteiger partial charge in [-0.1, -0.05) is 29.8 Å². The van der Waals surface area contributed by atoms with Gasteiger partial charge in [0.2, 0.25) is 7.37 Å². The van der Waals surface area contributed by atoms with Crippen molar-refractivity contribution in [2.24, 2.45) is 0 Å². The van der Waals surface area contributed by atoms with Crippen LogP contribution in [0, 0.1) is 5.82 Å². The van der Waals surface area contributed by atoms with E-state index in [9.17, 15) is 28.4 Å². The second kappa shape index (κ2) is 15.5. The van der Waals surface area contributed by atoms with E-state index in [-0.39, 0.29) is 51.7 Å². The quantitative estimate of drug-likeness (QED) is 0.182. The maximum Gasteiger partial charge on any atom is 0.419 e. The fourth-order valence-electron chi connectivity index (χ4n) is 5.55. The van der Waals surface area contributed by atoms with Crippen LogP contribution in [0.15, 0.2) is 42.5 Å². The molecule has 0 saturated carbocycles. The van der Waals surface area contributed by atoms with Gasteiger partial charge in [0.15, 0.2) is 5.16 Å². The Morgan fingerprint density at radius 2 is 1.60 bits per heavy atom. The lowest BCUT2D eigenvalue weighted by atomic mass is 9.97. The van der Waals surface area contributed by atoms with Crippen LogP contribution in [0.1, 0.15) is 73.3 Å². The summed E-state index contributed by atoms with van der Waals surface area (Å²) in [5, 5.41) is 9.47. The third-order valence-electron chi connectivity index (χ3n) is 7.65. The van der Waals surface area contributed by atoms with Crippen molar-refractivity contribution in [2.45, 2.75) is 90.6 Å². The molecule has 1 aliphatic heterocycles. The van der Waals surface area contributed by atoms with Crippen LogP contribution >= 0.6 is 19.0 Å². The Morgan fingerprint density at radius 3 is 2.13 bits per heavy atom. The molecule has 0 aromatic heterocycles. The highest BCUT2D eigenvalue weighted by atomic mass is 35.5. The number of ether oxygens (including phenoxy) is 2. The highest BCUT2D eigenvalue weighted by Crippen LogP contribution is 2.63. The topological polar surface area (TPSA) is 123 Å². The lowest BCUT2D eigenvalue weighted by Gasteiger charge is -2.45. The predicted octanol–water partition coefficient (Wildman–Crippen LogP) is 8.44. The Labute approximate surface area is 281 Å². The van der Waals surface area contributed by atoms with Gasteiger partial charge in [-0.15, -0.1) is 0 Å². The number of nitrogens with zero attached hydrogens (tertiary/aromatic N) is 2. The molecule has 0 bridgehead atoms. The highest BCUT2D eigenvalue weighted by Gasteiger charge is 2.58. The monoisotopic (exact) mass is 696 g/mol. The second-order valence-electron chi connectivity index (χ2n) is 13.7. The van der Waals surface area contributed by atoms with E-state index >= 15 is 0 Å². The average Bonchev–Trinajstić information content (AvgIpc) is 2.94. The Bertz CT molecular complexity index is 1450. The number of aliphatic carboxylic acids is 1. The summed E-state index contributed by atoms with van der Waals surface area (Å²) in [6.07, 6.45) is -1.34. The summed E-state index contributed by atoms with van der Waals surface area (Å²) in [5.41, 5.74) is 0.443. The van der Waals surface area contributed by atoms with Crippen LogP contribution in [-0.4, -0.2) is 81.8 Å². The number of amides is 2. The number of halogens is 2. The van der Waals surface area contributed by atoms with Gasteiger partial charge in [0.25, 0.3) is 0 Å². The molecule has 0 spiro atoms. The number of carbonyl (C=O) groups excluding carboxylic acids is 2. The Kier molecular flexibility index (Phi) is 12.7. The fourth-order valence-corrected chi connectivity index (χ4v) is 8.65. The zero-order valence-electron chi connectivity index (χ0n) is 28.3. The first-order chi connectivity index (χ1) is 21.8. The number of benzene rings is 2. The molecule has 2 aromatic rings. The van der Waals surface area contributed by atoms with Crippen molar-refractivity contribution in [3.8, 4) is 11.1 Å². The molecule has 1 aliphatic rings. The maximum absolute atomic E-state index is 14.4. The molecular formula is C34H47ClFN2O8P. The third-order valence-corrected chi connectivity index (χ3v) is 11.2. The minimum absolute atomic E-state index is 0.0204. The van der Waals surface area contributed by atoms with E-state index in [0.29, 0.717) is 17.1 Å². The second-order valence-corrected chi connectivity index (χ2v) is 17.1. The van der Waals surface area contributed by atoms with Crippen LogP contribution in [0.5, 0.6) is 0 Å². The van der Waals surface area contributed by atoms with Crippen LogP contribution < -0.4 is 0 Å². The summed E-state index contributed by atoms with van der Waals surface area (Å²) >= 11 is 6.07. The molecule has 2 atom stereocenters. The summed E-state index contributed by atoms with van der Waals surface area (Å²) < 4.78 is 45.3. The molecule has 1 fully saturated rings. The normalized spacial score (nSPS) is 20.4. The van der Waals surface area contributed by atoms with Gasteiger partial charge >= 0.3 is 18.2 Å². The van der Waals surface area contributed by atoms with E-state index in [1.54, 1.807) is 78.8 Å². The standard InChI is InChI=1S/C34H47ClFN2O8P/c1-8-44-47(43)20-19-37(22-25-13-16-27(36)21-28(25)24-11-14-26(35)15-12-24)23-34(47,29(39)40)17-9-10-18-38(30(41)45-32(2,3)4)31(42)46-33(5,6)7/h11-16,21H,8-10,17-20,22-23H2,1-7H3,(H,39,40)/t34-,47?/m0/s1. The summed E-state index contributed by atoms with van der Waals surface area (Å²) in [7, 11) is -3.71. The zero-order valence-corrected chi connectivity index (χ0v) is 30.0. The number of hydrogen-bond acceptors (Lipinski definition) is 8. The highest BCUT2D eigenvalue weighted by molar-refractivity contribution is 7.62. The largest absolute Gasteiger partial charge is 0.480 e. The fraction of sp³-hybridized carbons (Fsp3) is 0.559. The first kappa shape index (κ1) is 38.5. The van der Waals surface area contributed by atoms with Crippen molar-refractivity contribution in [3.05, 3.63) is 58.9 Å². The van der Waals surface area contributed by atoms with Crippen molar-refractivity contribution in [1.29, 1.82) is 0 Å². The van der Waals surface area contributed by atoms with E-state index in [1.807, 2.05) is 4.90 Å². The predicted molar refractivity (Wildman–Crippen MR) is 180 cm³/mol. The SMILES string of the molecule is CCOP1(=O)CCN(Cc2ccc(F)cc2-c2ccc(Cl)cc2)C[C@@]1(CCCCN(C(=O)OC(C)(C)C)C(=O)OC(C)(C)C)C(=O)O. The van der Waals surface area contributed by atoms with Gasteiger partial charge in [0.05, 0.1) is 6.61 Å². The van der Waals surface area contributed by atoms with E-state index in [0.717, 1.165) is 16.0 Å². The minimum Gasteiger partial charge on any atom is -0.480 e. The van der Waals surface area contributed by atoms with Gasteiger partial charge in [0.1, 0.15) is 17.0 Å². The molecule has 10 nitrogen and oxygen atoms in total. The van der Waals surface area contributed by atoms with Gasteiger partial charge in [-0.3, -0.25) is 14.3 Å². The van der Waals surface area contributed by atoms with Crippen molar-refractivity contribution >= 4 is 37.1 Å². The number of unbranched alkanes of at least 4 members (excludes halogenated alkanes) is 1. The van der Waals surface area contributed by atoms with E-state index in [2.05, 4.69) is 0 Å². The zero-order chi connectivity index (χ0) is 35.2. The Balaban J connectivity index is 1.85. The lowest BCUT2D eigenvalue weighted by molar-refractivity contribution is -0.141. The van der Waals surface area contributed by atoms with Crippen molar-refractivity contribution in [1.82, 2.24) is 9.80 Å². The number of hydrogen-bond donors (Lipinski definition) is 1. The van der Waals surface area contributed by atoms with Crippen LogP contribution in [0.4, 0.5) is 14.0 Å². The van der Waals surface area contributed by atoms with Gasteiger partial charge in [-0.05, 0) is 109 Å².